The molecule has 32 heavy (non-hydrogen) atoms. The number of para-hydroxylation sites is 1. The molecule has 0 heterocycles. The lowest BCUT2D eigenvalue weighted by molar-refractivity contribution is -0.116. The van der Waals surface area contributed by atoms with Crippen LogP contribution < -0.4 is 14.4 Å². The van der Waals surface area contributed by atoms with Crippen LogP contribution in [0.1, 0.15) is 6.92 Å². The van der Waals surface area contributed by atoms with Gasteiger partial charge in [-0.15, -0.1) is 0 Å². The van der Waals surface area contributed by atoms with Crippen molar-refractivity contribution in [2.45, 2.75) is 13.0 Å². The summed E-state index contributed by atoms with van der Waals surface area (Å²) in [5, 5.41) is 2.91. The maximum atomic E-state index is 13.7. The SMILES string of the molecule is C[C@H](C(=O)Nc1cc(Cl)ccc1Oc1ccccc1)N(c1ccc(F)c(F)c1)S(C)(=O)=O. The first-order valence-electron chi connectivity index (χ1n) is 9.34. The zero-order chi connectivity index (χ0) is 23.5. The zero-order valence-corrected chi connectivity index (χ0v) is 18.6. The Bertz CT molecular complexity index is 1240. The monoisotopic (exact) mass is 480 g/mol. The first kappa shape index (κ1) is 23.5. The van der Waals surface area contributed by atoms with Gasteiger partial charge in [0.05, 0.1) is 17.6 Å². The number of anilines is 2. The molecule has 0 aliphatic heterocycles. The molecule has 6 nitrogen and oxygen atoms in total. The molecule has 0 bridgehead atoms. The molecule has 0 aromatic heterocycles. The number of ether oxygens (including phenoxy) is 1. The summed E-state index contributed by atoms with van der Waals surface area (Å²) in [6.07, 6.45) is 0.862. The van der Waals surface area contributed by atoms with E-state index in [1.54, 1.807) is 36.4 Å². The molecule has 0 aliphatic carbocycles. The fourth-order valence-electron chi connectivity index (χ4n) is 2.97. The fourth-order valence-corrected chi connectivity index (χ4v) is 4.31. The Morgan fingerprint density at radius 1 is 1.03 bits per heavy atom. The summed E-state index contributed by atoms with van der Waals surface area (Å²) >= 11 is 6.06. The number of benzene rings is 3. The molecule has 168 valence electrons. The quantitative estimate of drug-likeness (QED) is 0.504. The molecule has 0 fully saturated rings. The minimum atomic E-state index is -4.02. The minimum Gasteiger partial charge on any atom is -0.455 e. The summed E-state index contributed by atoms with van der Waals surface area (Å²) < 4.78 is 58.3. The molecular weight excluding hydrogens is 462 g/mol. The van der Waals surface area contributed by atoms with Crippen molar-refractivity contribution in [3.63, 3.8) is 0 Å². The van der Waals surface area contributed by atoms with Crippen LogP contribution in [-0.4, -0.2) is 26.6 Å². The lowest BCUT2D eigenvalue weighted by Gasteiger charge is -2.28. The van der Waals surface area contributed by atoms with Gasteiger partial charge in [-0.1, -0.05) is 29.8 Å². The molecule has 3 aromatic rings. The second-order valence-electron chi connectivity index (χ2n) is 6.88. The normalized spacial score (nSPS) is 12.2. The molecule has 1 atom stereocenters. The van der Waals surface area contributed by atoms with Crippen molar-refractivity contribution in [2.24, 2.45) is 0 Å². The van der Waals surface area contributed by atoms with Crippen molar-refractivity contribution >= 4 is 38.9 Å². The number of amides is 1. The Labute approximate surface area is 189 Å². The van der Waals surface area contributed by atoms with Gasteiger partial charge < -0.3 is 10.1 Å². The Hall–Kier alpha value is -3.17. The van der Waals surface area contributed by atoms with Crippen LogP contribution in [0.5, 0.6) is 11.5 Å². The van der Waals surface area contributed by atoms with E-state index in [2.05, 4.69) is 5.32 Å². The summed E-state index contributed by atoms with van der Waals surface area (Å²) in [4.78, 5) is 13.0. The van der Waals surface area contributed by atoms with E-state index >= 15 is 0 Å². The van der Waals surface area contributed by atoms with E-state index < -0.39 is 33.6 Å². The van der Waals surface area contributed by atoms with E-state index in [0.717, 1.165) is 18.4 Å². The number of carbonyl (C=O) groups is 1. The van der Waals surface area contributed by atoms with Gasteiger partial charge in [0.1, 0.15) is 11.8 Å². The van der Waals surface area contributed by atoms with E-state index in [0.29, 0.717) is 21.1 Å². The fraction of sp³-hybridized carbons (Fsp3) is 0.136. The van der Waals surface area contributed by atoms with Gasteiger partial charge in [-0.2, -0.15) is 0 Å². The van der Waals surface area contributed by atoms with Gasteiger partial charge in [-0.25, -0.2) is 17.2 Å². The third-order valence-corrected chi connectivity index (χ3v) is 5.89. The van der Waals surface area contributed by atoms with E-state index in [1.807, 2.05) is 6.07 Å². The molecule has 0 aliphatic rings. The van der Waals surface area contributed by atoms with Crippen LogP contribution in [0.15, 0.2) is 66.7 Å². The van der Waals surface area contributed by atoms with Crippen LogP contribution in [0.25, 0.3) is 0 Å². The van der Waals surface area contributed by atoms with Gasteiger partial charge in [0.25, 0.3) is 0 Å². The summed E-state index contributed by atoms with van der Waals surface area (Å²) in [7, 11) is -4.02. The highest BCUT2D eigenvalue weighted by atomic mass is 35.5. The first-order valence-corrected chi connectivity index (χ1v) is 11.6. The van der Waals surface area contributed by atoms with Crippen LogP contribution >= 0.6 is 11.6 Å². The predicted octanol–water partition coefficient (Wildman–Crippen LogP) is 5.20. The van der Waals surface area contributed by atoms with Gasteiger partial charge in [-0.3, -0.25) is 9.10 Å². The number of hydrogen-bond acceptors (Lipinski definition) is 4. The molecule has 0 spiro atoms. The Morgan fingerprint density at radius 3 is 2.34 bits per heavy atom. The van der Waals surface area contributed by atoms with Gasteiger partial charge in [0.2, 0.25) is 15.9 Å². The van der Waals surface area contributed by atoms with Crippen LogP contribution in [-0.2, 0) is 14.8 Å². The van der Waals surface area contributed by atoms with Crippen molar-refractivity contribution in [2.75, 3.05) is 15.9 Å². The summed E-state index contributed by atoms with van der Waals surface area (Å²) in [6, 6.07) is 14.7. The van der Waals surface area contributed by atoms with Crippen molar-refractivity contribution in [3.05, 3.63) is 83.4 Å². The molecule has 3 aromatic carbocycles. The molecule has 1 N–H and O–H groups in total. The molecular formula is C22H19ClF2N2O4S. The zero-order valence-electron chi connectivity index (χ0n) is 17.1. The van der Waals surface area contributed by atoms with Gasteiger partial charge in [0, 0.05) is 11.1 Å². The Kier molecular flexibility index (Phi) is 7.00. The average Bonchev–Trinajstić information content (AvgIpc) is 2.72. The van der Waals surface area contributed by atoms with E-state index in [-0.39, 0.29) is 17.1 Å². The number of hydrogen-bond donors (Lipinski definition) is 1. The standard InChI is InChI=1S/C22H19ClF2N2O4S/c1-14(27(32(2,29)30)16-9-10-18(24)19(25)13-16)22(28)26-20-12-15(23)8-11-21(20)31-17-6-4-3-5-7-17/h3-14H,1-2H3,(H,26,28)/t14-/m1/s1. The third-order valence-electron chi connectivity index (χ3n) is 4.42. The highest BCUT2D eigenvalue weighted by molar-refractivity contribution is 7.92. The van der Waals surface area contributed by atoms with E-state index in [1.165, 1.54) is 13.0 Å². The first-order chi connectivity index (χ1) is 15.1. The number of nitrogens with zero attached hydrogens (tertiary/aromatic N) is 1. The Balaban J connectivity index is 1.91. The predicted molar refractivity (Wildman–Crippen MR) is 120 cm³/mol. The summed E-state index contributed by atoms with van der Waals surface area (Å²) in [5.41, 5.74) is 0.0119. The van der Waals surface area contributed by atoms with Gasteiger partial charge >= 0.3 is 0 Å². The van der Waals surface area contributed by atoms with Crippen LogP contribution in [0.3, 0.4) is 0 Å². The molecule has 0 saturated carbocycles. The third kappa shape index (κ3) is 5.54. The second kappa shape index (κ2) is 9.54. The smallest absolute Gasteiger partial charge is 0.248 e. The maximum absolute atomic E-state index is 13.7. The number of carbonyl (C=O) groups excluding carboxylic acids is 1. The molecule has 0 saturated heterocycles. The van der Waals surface area contributed by atoms with Crippen molar-refractivity contribution in [1.82, 2.24) is 0 Å². The molecule has 0 unspecified atom stereocenters. The minimum absolute atomic E-state index is 0.194. The van der Waals surface area contributed by atoms with E-state index in [9.17, 15) is 22.0 Å². The van der Waals surface area contributed by atoms with Gasteiger partial charge in [0.15, 0.2) is 17.4 Å². The summed E-state index contributed by atoms with van der Waals surface area (Å²) in [5.74, 6) is -2.32. The second-order valence-corrected chi connectivity index (χ2v) is 9.17. The number of halogens is 3. The van der Waals surface area contributed by atoms with Crippen molar-refractivity contribution < 1.29 is 26.7 Å². The van der Waals surface area contributed by atoms with Crippen LogP contribution in [0.2, 0.25) is 5.02 Å². The molecule has 3 rings (SSSR count). The number of sulfonamides is 1. The highest BCUT2D eigenvalue weighted by Gasteiger charge is 2.30. The van der Waals surface area contributed by atoms with Crippen LogP contribution in [0.4, 0.5) is 20.2 Å². The van der Waals surface area contributed by atoms with Crippen LogP contribution in [0, 0.1) is 11.6 Å². The molecule has 10 heteroatoms. The largest absolute Gasteiger partial charge is 0.455 e. The number of nitrogens with one attached hydrogen (secondary N) is 1. The maximum Gasteiger partial charge on any atom is 0.248 e. The molecule has 0 radical (unpaired) electrons. The lowest BCUT2D eigenvalue weighted by Crippen LogP contribution is -2.45. The lowest BCUT2D eigenvalue weighted by atomic mass is 10.2. The summed E-state index contributed by atoms with van der Waals surface area (Å²) in [6.45, 7) is 1.32. The number of rotatable bonds is 7. The molecule has 1 amide bonds. The van der Waals surface area contributed by atoms with Crippen molar-refractivity contribution in [3.8, 4) is 11.5 Å². The Morgan fingerprint density at radius 2 is 1.72 bits per heavy atom. The highest BCUT2D eigenvalue weighted by Crippen LogP contribution is 2.32. The van der Waals surface area contributed by atoms with Gasteiger partial charge in [-0.05, 0) is 49.4 Å². The topological polar surface area (TPSA) is 75.7 Å². The van der Waals surface area contributed by atoms with Crippen molar-refractivity contribution in [1.29, 1.82) is 0 Å². The average molecular weight is 481 g/mol. The van der Waals surface area contributed by atoms with E-state index in [4.69, 9.17) is 16.3 Å².